The zero-order valence-corrected chi connectivity index (χ0v) is 15.8. The van der Waals surface area contributed by atoms with Crippen LogP contribution in [0.25, 0.3) is 0 Å². The summed E-state index contributed by atoms with van der Waals surface area (Å²) in [5.74, 6) is 1.65. The molecule has 3 rings (SSSR count). The van der Waals surface area contributed by atoms with Crippen LogP contribution >= 0.6 is 0 Å². The molecule has 27 heavy (non-hydrogen) atoms. The third kappa shape index (κ3) is 4.39. The fraction of sp³-hybridized carbons (Fsp3) is 0.421. The van der Waals surface area contributed by atoms with Crippen molar-refractivity contribution < 1.29 is 5.11 Å². The van der Waals surface area contributed by atoms with Crippen molar-refractivity contribution in [2.45, 2.75) is 6.42 Å². The number of benzene rings is 1. The number of aromatic hydroxyl groups is 1. The van der Waals surface area contributed by atoms with E-state index < -0.39 is 0 Å². The van der Waals surface area contributed by atoms with E-state index in [9.17, 15) is 9.90 Å². The number of rotatable bonds is 4. The first-order valence-corrected chi connectivity index (χ1v) is 9.09. The second-order valence-electron chi connectivity index (χ2n) is 6.49. The Morgan fingerprint density at radius 2 is 2.00 bits per heavy atom. The molecule has 1 saturated heterocycles. The molecular weight excluding hydrogens is 344 g/mol. The van der Waals surface area contributed by atoms with Gasteiger partial charge in [0, 0.05) is 59.2 Å². The molecular formula is C19H26N6O2. The maximum absolute atomic E-state index is 12.2. The molecule has 2 heterocycles. The summed E-state index contributed by atoms with van der Waals surface area (Å²) in [6, 6.07) is 7.36. The summed E-state index contributed by atoms with van der Waals surface area (Å²) in [5, 5.41) is 13.2. The molecule has 1 fully saturated rings. The Balaban J connectivity index is 1.54. The molecule has 2 N–H and O–H groups in total. The Bertz CT molecular complexity index is 855. The molecule has 0 saturated carbocycles. The van der Waals surface area contributed by atoms with Crippen molar-refractivity contribution in [3.8, 4) is 5.75 Å². The summed E-state index contributed by atoms with van der Waals surface area (Å²) in [6.07, 6.45) is 4.04. The standard InChI is InChI=1S/C19H26N6O2/c1-20-19(22-8-7-15-5-3-4-6-16(15)26)25-13-11-24(12-14-25)17-18(27)23(2)10-9-21-17/h3-6,9-10,26H,7-8,11-14H2,1-2H3,(H,20,22). The summed E-state index contributed by atoms with van der Waals surface area (Å²) in [4.78, 5) is 25.0. The van der Waals surface area contributed by atoms with Gasteiger partial charge in [0.1, 0.15) is 5.75 Å². The van der Waals surface area contributed by atoms with E-state index in [4.69, 9.17) is 0 Å². The molecule has 0 bridgehead atoms. The molecule has 8 nitrogen and oxygen atoms in total. The first kappa shape index (κ1) is 18.8. The van der Waals surface area contributed by atoms with Crippen molar-refractivity contribution >= 4 is 11.8 Å². The Kier molecular flexibility index (Phi) is 5.95. The van der Waals surface area contributed by atoms with Crippen molar-refractivity contribution in [3.63, 3.8) is 0 Å². The van der Waals surface area contributed by atoms with Crippen LogP contribution in [0.4, 0.5) is 5.82 Å². The van der Waals surface area contributed by atoms with E-state index in [2.05, 4.69) is 20.2 Å². The van der Waals surface area contributed by atoms with Crippen molar-refractivity contribution in [1.82, 2.24) is 19.8 Å². The van der Waals surface area contributed by atoms with Gasteiger partial charge in [-0.1, -0.05) is 18.2 Å². The second kappa shape index (κ2) is 8.57. The minimum Gasteiger partial charge on any atom is -0.508 e. The number of aryl methyl sites for hydroxylation is 1. The molecule has 144 valence electrons. The van der Waals surface area contributed by atoms with E-state index in [1.54, 1.807) is 37.1 Å². The fourth-order valence-electron chi connectivity index (χ4n) is 3.20. The van der Waals surface area contributed by atoms with E-state index in [0.29, 0.717) is 31.2 Å². The van der Waals surface area contributed by atoms with Gasteiger partial charge in [-0.2, -0.15) is 0 Å². The van der Waals surface area contributed by atoms with Gasteiger partial charge in [0.2, 0.25) is 0 Å². The zero-order chi connectivity index (χ0) is 19.2. The van der Waals surface area contributed by atoms with E-state index in [-0.39, 0.29) is 5.56 Å². The number of phenolic OH excluding ortho intramolecular Hbond substituents is 1. The van der Waals surface area contributed by atoms with Crippen LogP contribution in [0.1, 0.15) is 5.56 Å². The van der Waals surface area contributed by atoms with E-state index in [1.807, 2.05) is 23.1 Å². The molecule has 0 atom stereocenters. The highest BCUT2D eigenvalue weighted by atomic mass is 16.3. The number of nitrogens with one attached hydrogen (secondary N) is 1. The third-order valence-electron chi connectivity index (χ3n) is 4.76. The van der Waals surface area contributed by atoms with Crippen LogP contribution in [-0.4, -0.2) is 65.3 Å². The summed E-state index contributed by atoms with van der Waals surface area (Å²) < 4.78 is 1.55. The van der Waals surface area contributed by atoms with Crippen LogP contribution < -0.4 is 15.8 Å². The maximum atomic E-state index is 12.2. The summed E-state index contributed by atoms with van der Waals surface area (Å²) >= 11 is 0. The first-order valence-electron chi connectivity index (χ1n) is 9.09. The van der Waals surface area contributed by atoms with Gasteiger partial charge in [-0.25, -0.2) is 4.98 Å². The lowest BCUT2D eigenvalue weighted by atomic mass is 10.1. The van der Waals surface area contributed by atoms with Crippen LogP contribution in [0.3, 0.4) is 0 Å². The normalized spacial score (nSPS) is 15.1. The first-order chi connectivity index (χ1) is 13.1. The predicted molar refractivity (Wildman–Crippen MR) is 106 cm³/mol. The Morgan fingerprint density at radius 3 is 2.70 bits per heavy atom. The molecule has 1 aliphatic rings. The van der Waals surface area contributed by atoms with Gasteiger partial charge in [0.25, 0.3) is 5.56 Å². The van der Waals surface area contributed by atoms with Crippen molar-refractivity contribution in [3.05, 3.63) is 52.6 Å². The highest BCUT2D eigenvalue weighted by Crippen LogP contribution is 2.15. The van der Waals surface area contributed by atoms with Crippen LogP contribution in [0, 0.1) is 0 Å². The smallest absolute Gasteiger partial charge is 0.293 e. The van der Waals surface area contributed by atoms with Crippen LogP contribution in [-0.2, 0) is 13.5 Å². The van der Waals surface area contributed by atoms with Gasteiger partial charge in [0.15, 0.2) is 11.8 Å². The molecule has 0 unspecified atom stereocenters. The van der Waals surface area contributed by atoms with Crippen LogP contribution in [0.5, 0.6) is 5.75 Å². The van der Waals surface area contributed by atoms with Gasteiger partial charge in [0.05, 0.1) is 0 Å². The molecule has 1 aliphatic heterocycles. The number of piperazine rings is 1. The number of phenols is 1. The van der Waals surface area contributed by atoms with Crippen LogP contribution in [0.2, 0.25) is 0 Å². The number of hydrogen-bond donors (Lipinski definition) is 2. The molecule has 0 spiro atoms. The molecule has 8 heteroatoms. The van der Waals surface area contributed by atoms with Crippen LogP contribution in [0.15, 0.2) is 46.4 Å². The fourth-order valence-corrected chi connectivity index (χ4v) is 3.20. The number of hydrogen-bond acceptors (Lipinski definition) is 5. The van der Waals surface area contributed by atoms with Gasteiger partial charge < -0.3 is 24.8 Å². The summed E-state index contributed by atoms with van der Waals surface area (Å²) in [5.41, 5.74) is 0.840. The molecule has 1 aromatic heterocycles. The van der Waals surface area contributed by atoms with Crippen molar-refractivity contribution in [2.75, 3.05) is 44.7 Å². The minimum absolute atomic E-state index is 0.0730. The Morgan fingerprint density at radius 1 is 1.26 bits per heavy atom. The zero-order valence-electron chi connectivity index (χ0n) is 15.8. The molecule has 2 aromatic rings. The minimum atomic E-state index is -0.0730. The molecule has 0 aliphatic carbocycles. The number of aromatic nitrogens is 2. The Hall–Kier alpha value is -3.03. The van der Waals surface area contributed by atoms with E-state index in [1.165, 1.54) is 0 Å². The SMILES string of the molecule is CN=C(NCCc1ccccc1O)N1CCN(c2nccn(C)c2=O)CC1. The van der Waals surface area contributed by atoms with Gasteiger partial charge in [-0.05, 0) is 18.1 Å². The van der Waals surface area contributed by atoms with E-state index in [0.717, 1.165) is 31.0 Å². The Labute approximate surface area is 158 Å². The summed E-state index contributed by atoms with van der Waals surface area (Å²) in [6.45, 7) is 3.63. The highest BCUT2D eigenvalue weighted by molar-refractivity contribution is 5.80. The lowest BCUT2D eigenvalue weighted by Gasteiger charge is -2.36. The largest absolute Gasteiger partial charge is 0.508 e. The highest BCUT2D eigenvalue weighted by Gasteiger charge is 2.22. The topological polar surface area (TPSA) is 86.0 Å². The molecule has 1 aromatic carbocycles. The number of aliphatic imine (C=N–C) groups is 1. The number of guanidine groups is 1. The van der Waals surface area contributed by atoms with Gasteiger partial charge in [-0.15, -0.1) is 0 Å². The lowest BCUT2D eigenvalue weighted by molar-refractivity contribution is 0.371. The second-order valence-corrected chi connectivity index (χ2v) is 6.49. The molecule has 0 radical (unpaired) electrons. The third-order valence-corrected chi connectivity index (χ3v) is 4.76. The number of para-hydroxylation sites is 1. The lowest BCUT2D eigenvalue weighted by Crippen LogP contribution is -2.53. The van der Waals surface area contributed by atoms with E-state index >= 15 is 0 Å². The van der Waals surface area contributed by atoms with Crippen molar-refractivity contribution in [1.29, 1.82) is 0 Å². The molecule has 0 amide bonds. The quantitative estimate of drug-likeness (QED) is 0.600. The average Bonchev–Trinajstić information content (AvgIpc) is 2.69. The predicted octanol–water partition coefficient (Wildman–Crippen LogP) is 0.426. The van der Waals surface area contributed by atoms with Gasteiger partial charge in [-0.3, -0.25) is 9.79 Å². The maximum Gasteiger partial charge on any atom is 0.293 e. The summed E-state index contributed by atoms with van der Waals surface area (Å²) in [7, 11) is 3.50. The van der Waals surface area contributed by atoms with Gasteiger partial charge >= 0.3 is 0 Å². The monoisotopic (exact) mass is 370 g/mol. The number of nitrogens with zero attached hydrogens (tertiary/aromatic N) is 5. The average molecular weight is 370 g/mol. The number of anilines is 1. The van der Waals surface area contributed by atoms with Crippen molar-refractivity contribution in [2.24, 2.45) is 12.0 Å².